The number of hydrogen-bond donors (Lipinski definition) is 1. The molecule has 0 spiro atoms. The molecule has 1 fully saturated rings. The highest BCUT2D eigenvalue weighted by molar-refractivity contribution is 5.74. The van der Waals surface area contributed by atoms with Crippen LogP contribution in [-0.2, 0) is 6.42 Å². The maximum absolute atomic E-state index is 6.23. The van der Waals surface area contributed by atoms with E-state index in [-0.39, 0.29) is 5.41 Å². The van der Waals surface area contributed by atoms with E-state index in [1.807, 2.05) is 0 Å². The number of unbranched alkanes of at least 4 members (excludes halogenated alkanes) is 2. The molecule has 4 rings (SSSR count). The van der Waals surface area contributed by atoms with Crippen molar-refractivity contribution < 1.29 is 4.74 Å². The Morgan fingerprint density at radius 1 is 1.26 bits per heavy atom. The molecule has 168 valence electrons. The molecule has 1 N–H and O–H groups in total. The maximum atomic E-state index is 6.23. The van der Waals surface area contributed by atoms with E-state index in [4.69, 9.17) is 9.72 Å². The largest absolute Gasteiger partial charge is 0.477 e. The van der Waals surface area contributed by atoms with Crippen molar-refractivity contribution in [1.82, 2.24) is 10.3 Å². The molecular formula is C28H40N2O. The molecule has 2 atom stereocenters. The molecule has 1 aliphatic heterocycles. The monoisotopic (exact) mass is 420 g/mol. The number of pyridine rings is 1. The molecule has 2 aliphatic carbocycles. The van der Waals surface area contributed by atoms with Gasteiger partial charge in [0.25, 0.3) is 0 Å². The standard InChI is InChI=1S/C28H40N2O/c1-6-9-10-16-31-27-19(8-3)17-23-24(18-21(11-7-2)20-12-13-20)29-26-22(25(23)30-27)14-15-28(26,4)5/h11-12,17-18,22,26,29H,6-10,13-16H2,1-5H3/b21-11+,24-18-. The van der Waals surface area contributed by atoms with Gasteiger partial charge in [0.05, 0.1) is 12.3 Å². The van der Waals surface area contributed by atoms with Crippen LogP contribution in [0.2, 0.25) is 0 Å². The molecule has 0 aromatic carbocycles. The first kappa shape index (κ1) is 22.2. The van der Waals surface area contributed by atoms with Crippen LogP contribution in [0.15, 0.2) is 35.4 Å². The summed E-state index contributed by atoms with van der Waals surface area (Å²) in [5.41, 5.74) is 8.14. The quantitative estimate of drug-likeness (QED) is 0.433. The van der Waals surface area contributed by atoms with Gasteiger partial charge in [0.1, 0.15) is 0 Å². The van der Waals surface area contributed by atoms with E-state index in [9.17, 15) is 0 Å². The lowest BCUT2D eigenvalue weighted by molar-refractivity contribution is 0.280. The Morgan fingerprint density at radius 2 is 2.06 bits per heavy atom. The Kier molecular flexibility index (Phi) is 6.60. The van der Waals surface area contributed by atoms with Crippen LogP contribution in [0.1, 0.15) is 102 Å². The number of allylic oxidation sites excluding steroid dienone is 5. The van der Waals surface area contributed by atoms with Crippen molar-refractivity contribution in [2.24, 2.45) is 5.41 Å². The van der Waals surface area contributed by atoms with Crippen LogP contribution in [0.4, 0.5) is 0 Å². The van der Waals surface area contributed by atoms with Gasteiger partial charge in [-0.1, -0.05) is 59.6 Å². The van der Waals surface area contributed by atoms with E-state index in [1.165, 1.54) is 59.3 Å². The number of aryl methyl sites for hydroxylation is 1. The summed E-state index contributed by atoms with van der Waals surface area (Å²) in [4.78, 5) is 5.22. The third-order valence-corrected chi connectivity index (χ3v) is 7.26. The summed E-state index contributed by atoms with van der Waals surface area (Å²) in [6.07, 6.45) is 16.2. The summed E-state index contributed by atoms with van der Waals surface area (Å²) < 4.78 is 6.23. The fraction of sp³-hybridized carbons (Fsp3) is 0.607. The third-order valence-electron chi connectivity index (χ3n) is 7.26. The van der Waals surface area contributed by atoms with Crippen LogP contribution in [0.25, 0.3) is 5.70 Å². The van der Waals surface area contributed by atoms with Gasteiger partial charge >= 0.3 is 0 Å². The van der Waals surface area contributed by atoms with Crippen molar-refractivity contribution >= 4 is 5.70 Å². The first-order valence-corrected chi connectivity index (χ1v) is 12.5. The molecule has 1 saturated carbocycles. The number of nitrogens with one attached hydrogen (secondary N) is 1. The average molecular weight is 421 g/mol. The maximum Gasteiger partial charge on any atom is 0.216 e. The Labute approximate surface area is 189 Å². The Morgan fingerprint density at radius 3 is 2.74 bits per heavy atom. The minimum atomic E-state index is 0.266. The molecule has 0 amide bonds. The lowest BCUT2D eigenvalue weighted by Gasteiger charge is -2.38. The summed E-state index contributed by atoms with van der Waals surface area (Å²) >= 11 is 0. The number of hydrogen-bond acceptors (Lipinski definition) is 3. The van der Waals surface area contributed by atoms with Crippen molar-refractivity contribution in [1.29, 1.82) is 0 Å². The fourth-order valence-electron chi connectivity index (χ4n) is 5.24. The van der Waals surface area contributed by atoms with Crippen molar-refractivity contribution in [2.75, 3.05) is 6.61 Å². The van der Waals surface area contributed by atoms with Crippen LogP contribution < -0.4 is 10.1 Å². The van der Waals surface area contributed by atoms with E-state index >= 15 is 0 Å². The minimum absolute atomic E-state index is 0.266. The second-order valence-electron chi connectivity index (χ2n) is 10.1. The van der Waals surface area contributed by atoms with Gasteiger partial charge in [-0.3, -0.25) is 0 Å². The van der Waals surface area contributed by atoms with Crippen LogP contribution in [0, 0.1) is 5.41 Å². The fourth-order valence-corrected chi connectivity index (χ4v) is 5.24. The molecule has 1 aromatic rings. The summed E-state index contributed by atoms with van der Waals surface area (Å²) in [7, 11) is 0. The number of ether oxygens (including phenoxy) is 1. The molecule has 1 aromatic heterocycles. The predicted molar refractivity (Wildman–Crippen MR) is 130 cm³/mol. The first-order chi connectivity index (χ1) is 15.0. The summed E-state index contributed by atoms with van der Waals surface area (Å²) in [5.74, 6) is 1.33. The summed E-state index contributed by atoms with van der Waals surface area (Å²) in [6.45, 7) is 12.2. The zero-order chi connectivity index (χ0) is 22.0. The zero-order valence-electron chi connectivity index (χ0n) is 20.2. The van der Waals surface area contributed by atoms with E-state index < -0.39 is 0 Å². The molecular weight excluding hydrogens is 380 g/mol. The van der Waals surface area contributed by atoms with E-state index in [0.29, 0.717) is 12.0 Å². The average Bonchev–Trinajstić information content (AvgIpc) is 3.55. The van der Waals surface area contributed by atoms with Gasteiger partial charge < -0.3 is 10.1 Å². The number of nitrogens with zero attached hydrogens (tertiary/aromatic N) is 1. The van der Waals surface area contributed by atoms with Crippen molar-refractivity contribution in [2.45, 2.75) is 97.9 Å². The Bertz CT molecular complexity index is 906. The second-order valence-corrected chi connectivity index (χ2v) is 10.1. The molecule has 0 radical (unpaired) electrons. The van der Waals surface area contributed by atoms with Crippen LogP contribution in [0.5, 0.6) is 5.88 Å². The molecule has 2 unspecified atom stereocenters. The number of fused-ring (bicyclic) bond motifs is 3. The van der Waals surface area contributed by atoms with Crippen molar-refractivity contribution in [3.8, 4) is 5.88 Å². The van der Waals surface area contributed by atoms with Gasteiger partial charge in [-0.2, -0.15) is 0 Å². The highest BCUT2D eigenvalue weighted by Gasteiger charge is 2.47. The minimum Gasteiger partial charge on any atom is -0.477 e. The first-order valence-electron chi connectivity index (χ1n) is 12.5. The highest BCUT2D eigenvalue weighted by atomic mass is 16.5. The third kappa shape index (κ3) is 4.61. The van der Waals surface area contributed by atoms with Crippen LogP contribution in [0.3, 0.4) is 0 Å². The van der Waals surface area contributed by atoms with E-state index in [2.05, 4.69) is 64.2 Å². The molecule has 0 bridgehead atoms. The SMILES string of the molecule is CC/C=C(\C=C1/NC2C(CCC2(C)C)c2nc(OCCCCC)c(CC)cc21)C1=CC1. The smallest absolute Gasteiger partial charge is 0.216 e. The zero-order valence-corrected chi connectivity index (χ0v) is 20.2. The predicted octanol–water partition coefficient (Wildman–Crippen LogP) is 7.10. The van der Waals surface area contributed by atoms with Gasteiger partial charge in [0.15, 0.2) is 0 Å². The van der Waals surface area contributed by atoms with E-state index in [0.717, 1.165) is 38.2 Å². The van der Waals surface area contributed by atoms with Crippen LogP contribution in [-0.4, -0.2) is 17.6 Å². The molecule has 3 aliphatic rings. The van der Waals surface area contributed by atoms with E-state index in [1.54, 1.807) is 0 Å². The normalized spacial score (nSPS) is 25.0. The van der Waals surface area contributed by atoms with Crippen molar-refractivity contribution in [3.05, 3.63) is 52.3 Å². The lowest BCUT2D eigenvalue weighted by atomic mass is 9.79. The Balaban J connectivity index is 1.75. The van der Waals surface area contributed by atoms with Crippen molar-refractivity contribution in [3.63, 3.8) is 0 Å². The molecule has 2 heterocycles. The molecule has 3 heteroatoms. The number of rotatable bonds is 9. The van der Waals surface area contributed by atoms with Crippen LogP contribution >= 0.6 is 0 Å². The summed E-state index contributed by atoms with van der Waals surface area (Å²) in [5, 5.41) is 3.98. The Hall–Kier alpha value is -2.03. The summed E-state index contributed by atoms with van der Waals surface area (Å²) in [6, 6.07) is 2.79. The molecule has 0 saturated heterocycles. The lowest BCUT2D eigenvalue weighted by Crippen LogP contribution is -2.44. The van der Waals surface area contributed by atoms with Gasteiger partial charge in [-0.25, -0.2) is 4.98 Å². The van der Waals surface area contributed by atoms with Gasteiger partial charge in [0, 0.05) is 28.8 Å². The topological polar surface area (TPSA) is 34.2 Å². The van der Waals surface area contributed by atoms with Gasteiger partial charge in [-0.15, -0.1) is 0 Å². The van der Waals surface area contributed by atoms with Gasteiger partial charge in [0.2, 0.25) is 5.88 Å². The highest BCUT2D eigenvalue weighted by Crippen LogP contribution is 2.51. The van der Waals surface area contributed by atoms with Gasteiger partial charge in [-0.05, 0) is 67.2 Å². The number of aromatic nitrogens is 1. The second kappa shape index (κ2) is 9.22. The molecule has 31 heavy (non-hydrogen) atoms. The molecule has 3 nitrogen and oxygen atoms in total.